The highest BCUT2D eigenvalue weighted by Crippen LogP contribution is 2.18. The van der Waals surface area contributed by atoms with Gasteiger partial charge in [-0.05, 0) is 24.3 Å². The zero-order valence-electron chi connectivity index (χ0n) is 18.0. The Bertz CT molecular complexity index is 380. The van der Waals surface area contributed by atoms with E-state index in [1.807, 2.05) is 0 Å². The molecule has 0 heteroatoms. The minimum Gasteiger partial charge on any atom is -0.0654 e. The molecule has 0 spiro atoms. The maximum atomic E-state index is 2.44. The predicted octanol–water partition coefficient (Wildman–Crippen LogP) is 9.13. The fourth-order valence-corrected chi connectivity index (χ4v) is 3.89. The molecule has 1 aromatic carbocycles. The molecule has 1 unspecified atom stereocenters. The van der Waals surface area contributed by atoms with Crippen LogP contribution in [-0.2, 0) is 6.42 Å². The second-order valence-electron chi connectivity index (χ2n) is 8.51. The first-order valence-electron chi connectivity index (χ1n) is 11.9. The number of aryl methyl sites for hydroxylation is 1. The summed E-state index contributed by atoms with van der Waals surface area (Å²) in [7, 11) is 0. The number of hydrogen-bond donors (Lipinski definition) is 0. The zero-order chi connectivity index (χ0) is 18.7. The highest BCUT2D eigenvalue weighted by atomic mass is 14.1. The van der Waals surface area contributed by atoms with Gasteiger partial charge < -0.3 is 0 Å². The summed E-state index contributed by atoms with van der Waals surface area (Å²) in [6, 6.07) is 11.0. The Morgan fingerprint density at radius 3 is 1.54 bits per heavy atom. The second-order valence-corrected chi connectivity index (χ2v) is 8.51. The number of hydrogen-bond acceptors (Lipinski definition) is 0. The van der Waals surface area contributed by atoms with Gasteiger partial charge in [0.05, 0.1) is 0 Å². The summed E-state index contributed by atoms with van der Waals surface area (Å²) in [6.07, 6.45) is 24.4. The highest BCUT2D eigenvalue weighted by Gasteiger charge is 2.03. The van der Waals surface area contributed by atoms with Gasteiger partial charge in [-0.2, -0.15) is 0 Å². The van der Waals surface area contributed by atoms with E-state index in [2.05, 4.69) is 44.2 Å². The Balaban J connectivity index is 1.77. The van der Waals surface area contributed by atoms with Crippen LogP contribution in [0.15, 0.2) is 30.3 Å². The molecule has 0 heterocycles. The predicted molar refractivity (Wildman–Crippen MR) is 119 cm³/mol. The van der Waals surface area contributed by atoms with Crippen molar-refractivity contribution in [3.8, 4) is 0 Å². The molecule has 0 fully saturated rings. The highest BCUT2D eigenvalue weighted by molar-refractivity contribution is 5.14. The van der Waals surface area contributed by atoms with E-state index in [0.717, 1.165) is 5.92 Å². The summed E-state index contributed by atoms with van der Waals surface area (Å²) < 4.78 is 0. The molecule has 0 aliphatic rings. The Morgan fingerprint density at radius 1 is 0.577 bits per heavy atom. The average molecular weight is 359 g/mol. The molecule has 0 saturated carbocycles. The molecule has 0 saturated heterocycles. The molecule has 0 N–H and O–H groups in total. The molecular weight excluding hydrogens is 312 g/mol. The summed E-state index contributed by atoms with van der Waals surface area (Å²) in [6.45, 7) is 4.73. The number of benzene rings is 1. The van der Waals surface area contributed by atoms with Crippen molar-refractivity contribution >= 4 is 0 Å². The minimum atomic E-state index is 0.882. The van der Waals surface area contributed by atoms with E-state index >= 15 is 0 Å². The molecule has 0 aliphatic heterocycles. The van der Waals surface area contributed by atoms with E-state index in [1.54, 1.807) is 0 Å². The van der Waals surface area contributed by atoms with Crippen LogP contribution >= 0.6 is 0 Å². The van der Waals surface area contributed by atoms with Crippen molar-refractivity contribution in [2.24, 2.45) is 5.92 Å². The maximum Gasteiger partial charge on any atom is -0.0276 e. The SMILES string of the molecule is CCCCCCCCCCCCCCCCC(C)CCc1ccccc1. The molecule has 0 radical (unpaired) electrons. The molecule has 26 heavy (non-hydrogen) atoms. The van der Waals surface area contributed by atoms with Crippen molar-refractivity contribution < 1.29 is 0 Å². The van der Waals surface area contributed by atoms with Gasteiger partial charge in [-0.3, -0.25) is 0 Å². The fraction of sp³-hybridized carbons (Fsp3) is 0.769. The lowest BCUT2D eigenvalue weighted by Gasteiger charge is -2.11. The van der Waals surface area contributed by atoms with Crippen molar-refractivity contribution in [2.75, 3.05) is 0 Å². The van der Waals surface area contributed by atoms with Crippen LogP contribution in [0.25, 0.3) is 0 Å². The second kappa shape index (κ2) is 17.6. The van der Waals surface area contributed by atoms with Crippen LogP contribution in [-0.4, -0.2) is 0 Å². The molecule has 0 aromatic heterocycles. The van der Waals surface area contributed by atoms with Gasteiger partial charge in [-0.1, -0.05) is 140 Å². The van der Waals surface area contributed by atoms with Crippen LogP contribution in [0.2, 0.25) is 0 Å². The van der Waals surface area contributed by atoms with Crippen molar-refractivity contribution in [3.63, 3.8) is 0 Å². The van der Waals surface area contributed by atoms with Crippen LogP contribution < -0.4 is 0 Å². The smallest absolute Gasteiger partial charge is 0.0276 e. The van der Waals surface area contributed by atoms with Gasteiger partial charge in [-0.15, -0.1) is 0 Å². The third-order valence-electron chi connectivity index (χ3n) is 5.82. The summed E-state index contributed by atoms with van der Waals surface area (Å²) in [5.41, 5.74) is 1.50. The quantitative estimate of drug-likeness (QED) is 0.229. The van der Waals surface area contributed by atoms with Crippen LogP contribution in [0.3, 0.4) is 0 Å². The van der Waals surface area contributed by atoms with Gasteiger partial charge in [0.1, 0.15) is 0 Å². The van der Waals surface area contributed by atoms with E-state index in [9.17, 15) is 0 Å². The van der Waals surface area contributed by atoms with Crippen LogP contribution in [0.4, 0.5) is 0 Å². The minimum absolute atomic E-state index is 0.882. The normalized spacial score (nSPS) is 12.4. The number of unbranched alkanes of at least 4 members (excludes halogenated alkanes) is 13. The fourth-order valence-electron chi connectivity index (χ4n) is 3.89. The summed E-state index contributed by atoms with van der Waals surface area (Å²) in [5.74, 6) is 0.882. The Morgan fingerprint density at radius 2 is 1.04 bits per heavy atom. The van der Waals surface area contributed by atoms with Gasteiger partial charge >= 0.3 is 0 Å². The topological polar surface area (TPSA) is 0 Å². The first-order valence-corrected chi connectivity index (χ1v) is 11.9. The van der Waals surface area contributed by atoms with Crippen molar-refractivity contribution in [1.29, 1.82) is 0 Å². The van der Waals surface area contributed by atoms with Gasteiger partial charge in [0, 0.05) is 0 Å². The summed E-state index contributed by atoms with van der Waals surface area (Å²) in [5, 5.41) is 0. The molecule has 150 valence electrons. The average Bonchev–Trinajstić information content (AvgIpc) is 2.67. The lowest BCUT2D eigenvalue weighted by Crippen LogP contribution is -1.97. The third kappa shape index (κ3) is 14.4. The third-order valence-corrected chi connectivity index (χ3v) is 5.82. The Hall–Kier alpha value is -0.780. The summed E-state index contributed by atoms with van der Waals surface area (Å²) >= 11 is 0. The van der Waals surface area contributed by atoms with E-state index in [4.69, 9.17) is 0 Å². The Kier molecular flexibility index (Phi) is 15.8. The van der Waals surface area contributed by atoms with Crippen LogP contribution in [0.1, 0.15) is 122 Å². The lowest BCUT2D eigenvalue weighted by atomic mass is 9.95. The molecule has 0 bridgehead atoms. The monoisotopic (exact) mass is 358 g/mol. The molecule has 0 nitrogen and oxygen atoms in total. The van der Waals surface area contributed by atoms with Crippen molar-refractivity contribution in [3.05, 3.63) is 35.9 Å². The van der Waals surface area contributed by atoms with Gasteiger partial charge in [-0.25, -0.2) is 0 Å². The van der Waals surface area contributed by atoms with Crippen LogP contribution in [0, 0.1) is 5.92 Å². The Labute approximate surface area is 165 Å². The van der Waals surface area contributed by atoms with Gasteiger partial charge in [0.2, 0.25) is 0 Å². The van der Waals surface area contributed by atoms with E-state index in [-0.39, 0.29) is 0 Å². The zero-order valence-corrected chi connectivity index (χ0v) is 18.0. The van der Waals surface area contributed by atoms with E-state index in [1.165, 1.54) is 115 Å². The lowest BCUT2D eigenvalue weighted by molar-refractivity contribution is 0.454. The molecule has 0 amide bonds. The summed E-state index contributed by atoms with van der Waals surface area (Å²) in [4.78, 5) is 0. The standard InChI is InChI=1S/C26H46/c1-3-4-5-6-7-8-9-10-11-12-13-14-15-17-20-25(2)23-24-26-21-18-16-19-22-26/h16,18-19,21-22,25H,3-15,17,20,23-24H2,1-2H3. The van der Waals surface area contributed by atoms with Gasteiger partial charge in [0.25, 0.3) is 0 Å². The van der Waals surface area contributed by atoms with E-state index in [0.29, 0.717) is 0 Å². The van der Waals surface area contributed by atoms with E-state index < -0.39 is 0 Å². The molecule has 0 aliphatic carbocycles. The number of rotatable bonds is 18. The molecule has 1 atom stereocenters. The molecular formula is C26H46. The first kappa shape index (κ1) is 23.3. The molecule has 1 rings (SSSR count). The molecule has 1 aromatic rings. The largest absolute Gasteiger partial charge is 0.0654 e. The maximum absolute atomic E-state index is 2.44. The van der Waals surface area contributed by atoms with Gasteiger partial charge in [0.15, 0.2) is 0 Å². The first-order chi connectivity index (χ1) is 12.8. The van der Waals surface area contributed by atoms with Crippen molar-refractivity contribution in [2.45, 2.75) is 123 Å². The van der Waals surface area contributed by atoms with Crippen molar-refractivity contribution in [1.82, 2.24) is 0 Å². The van der Waals surface area contributed by atoms with Crippen LogP contribution in [0.5, 0.6) is 0 Å².